The second kappa shape index (κ2) is 3.60. The highest BCUT2D eigenvalue weighted by Crippen LogP contribution is 2.13. The molecule has 0 spiro atoms. The van der Waals surface area contributed by atoms with Crippen molar-refractivity contribution in [2.45, 2.75) is 13.0 Å². The molecule has 0 aliphatic heterocycles. The van der Waals surface area contributed by atoms with Crippen LogP contribution in [-0.4, -0.2) is 11.5 Å². The topological polar surface area (TPSA) is 64.9 Å². The van der Waals surface area contributed by atoms with Crippen LogP contribution in [0.5, 0.6) is 0 Å². The molecular formula is C8H12FN3. The Balaban J connectivity index is 3.01. The summed E-state index contributed by atoms with van der Waals surface area (Å²) in [6, 6.07) is 1.10. The molecule has 4 N–H and O–H groups in total. The molecule has 0 amide bonds. The zero-order valence-corrected chi connectivity index (χ0v) is 6.92. The number of halogens is 1. The first-order chi connectivity index (χ1) is 5.65. The van der Waals surface area contributed by atoms with Crippen LogP contribution in [-0.2, 0) is 0 Å². The smallest absolute Gasteiger partial charge is 0.213 e. The molecule has 0 saturated heterocycles. The van der Waals surface area contributed by atoms with Crippen molar-refractivity contribution in [3.05, 3.63) is 29.3 Å². The zero-order chi connectivity index (χ0) is 9.14. The van der Waals surface area contributed by atoms with Crippen molar-refractivity contribution >= 4 is 0 Å². The lowest BCUT2D eigenvalue weighted by molar-refractivity contribution is 0.577. The first-order valence-corrected chi connectivity index (χ1v) is 3.73. The molecule has 1 aromatic rings. The van der Waals surface area contributed by atoms with Crippen LogP contribution in [0.4, 0.5) is 4.39 Å². The lowest BCUT2D eigenvalue weighted by atomic mass is 10.1. The summed E-state index contributed by atoms with van der Waals surface area (Å²) in [5, 5.41) is 0. The molecule has 0 aliphatic carbocycles. The Hall–Kier alpha value is -1.00. The van der Waals surface area contributed by atoms with E-state index in [9.17, 15) is 4.39 Å². The third-order valence-electron chi connectivity index (χ3n) is 1.77. The molecule has 66 valence electrons. The lowest BCUT2D eigenvalue weighted by Crippen LogP contribution is -2.21. The SMILES string of the molecule is Cc1cc(F)ncc1[C@H](N)CN. The van der Waals surface area contributed by atoms with Crippen molar-refractivity contribution < 1.29 is 4.39 Å². The summed E-state index contributed by atoms with van der Waals surface area (Å²) >= 11 is 0. The normalized spacial score (nSPS) is 13.0. The van der Waals surface area contributed by atoms with Crippen LogP contribution in [0.25, 0.3) is 0 Å². The van der Waals surface area contributed by atoms with Crippen LogP contribution < -0.4 is 11.5 Å². The Bertz CT molecular complexity index is 275. The molecule has 0 aromatic carbocycles. The van der Waals surface area contributed by atoms with Gasteiger partial charge in [-0.05, 0) is 24.1 Å². The summed E-state index contributed by atoms with van der Waals surface area (Å²) in [4.78, 5) is 3.51. The fraction of sp³-hybridized carbons (Fsp3) is 0.375. The molecule has 1 aromatic heterocycles. The molecular weight excluding hydrogens is 157 g/mol. The molecule has 4 heteroatoms. The van der Waals surface area contributed by atoms with Crippen molar-refractivity contribution in [2.24, 2.45) is 11.5 Å². The minimum atomic E-state index is -0.486. The average Bonchev–Trinajstić information content (AvgIpc) is 2.03. The van der Waals surface area contributed by atoms with Gasteiger partial charge in [-0.25, -0.2) is 4.98 Å². The van der Waals surface area contributed by atoms with Crippen LogP contribution >= 0.6 is 0 Å². The third-order valence-corrected chi connectivity index (χ3v) is 1.77. The Morgan fingerprint density at radius 1 is 1.67 bits per heavy atom. The van der Waals surface area contributed by atoms with Gasteiger partial charge in [0.1, 0.15) is 0 Å². The van der Waals surface area contributed by atoms with E-state index in [0.29, 0.717) is 6.54 Å². The largest absolute Gasteiger partial charge is 0.329 e. The maximum atomic E-state index is 12.5. The molecule has 1 rings (SSSR count). The predicted octanol–water partition coefficient (Wildman–Crippen LogP) is 0.488. The summed E-state index contributed by atoms with van der Waals surface area (Å²) in [5.41, 5.74) is 12.6. The molecule has 1 heterocycles. The number of aromatic nitrogens is 1. The first-order valence-electron chi connectivity index (χ1n) is 3.73. The van der Waals surface area contributed by atoms with Gasteiger partial charge < -0.3 is 11.5 Å². The first kappa shape index (κ1) is 9.09. The quantitative estimate of drug-likeness (QED) is 0.633. The van der Waals surface area contributed by atoms with Crippen LogP contribution in [0.15, 0.2) is 12.3 Å². The zero-order valence-electron chi connectivity index (χ0n) is 6.92. The summed E-state index contributed by atoms with van der Waals surface area (Å²) < 4.78 is 12.5. The number of aryl methyl sites for hydroxylation is 1. The minimum absolute atomic E-state index is 0.252. The highest BCUT2D eigenvalue weighted by molar-refractivity contribution is 5.25. The van der Waals surface area contributed by atoms with E-state index in [4.69, 9.17) is 11.5 Å². The van der Waals surface area contributed by atoms with E-state index in [2.05, 4.69) is 4.98 Å². The van der Waals surface area contributed by atoms with Gasteiger partial charge in [-0.3, -0.25) is 0 Å². The maximum absolute atomic E-state index is 12.5. The Morgan fingerprint density at radius 3 is 2.83 bits per heavy atom. The van der Waals surface area contributed by atoms with E-state index in [1.807, 2.05) is 0 Å². The second-order valence-corrected chi connectivity index (χ2v) is 2.71. The molecule has 0 unspecified atom stereocenters. The molecule has 1 atom stereocenters. The standard InChI is InChI=1S/C8H12FN3/c1-5-2-8(9)12-4-6(5)7(11)3-10/h2,4,7H,3,10-11H2,1H3/t7-/m1/s1. The van der Waals surface area contributed by atoms with Gasteiger partial charge in [-0.2, -0.15) is 4.39 Å². The van der Waals surface area contributed by atoms with E-state index >= 15 is 0 Å². The van der Waals surface area contributed by atoms with Crippen LogP contribution in [0.3, 0.4) is 0 Å². The fourth-order valence-electron chi connectivity index (χ4n) is 1.05. The van der Waals surface area contributed by atoms with Gasteiger partial charge in [0.15, 0.2) is 0 Å². The number of hydrogen-bond acceptors (Lipinski definition) is 3. The van der Waals surface area contributed by atoms with Gasteiger partial charge in [-0.1, -0.05) is 0 Å². The van der Waals surface area contributed by atoms with Gasteiger partial charge >= 0.3 is 0 Å². The minimum Gasteiger partial charge on any atom is -0.329 e. The number of nitrogens with two attached hydrogens (primary N) is 2. The van der Waals surface area contributed by atoms with E-state index in [1.54, 1.807) is 6.92 Å². The fourth-order valence-corrected chi connectivity index (χ4v) is 1.05. The number of nitrogens with zero attached hydrogens (tertiary/aromatic N) is 1. The highest BCUT2D eigenvalue weighted by Gasteiger charge is 2.07. The number of pyridine rings is 1. The van der Waals surface area contributed by atoms with Gasteiger partial charge in [-0.15, -0.1) is 0 Å². The molecule has 0 radical (unpaired) electrons. The van der Waals surface area contributed by atoms with Gasteiger partial charge in [0.25, 0.3) is 0 Å². The van der Waals surface area contributed by atoms with Crippen molar-refractivity contribution in [3.8, 4) is 0 Å². The van der Waals surface area contributed by atoms with Crippen molar-refractivity contribution in [3.63, 3.8) is 0 Å². The molecule has 12 heavy (non-hydrogen) atoms. The molecule has 0 bridgehead atoms. The van der Waals surface area contributed by atoms with Crippen LogP contribution in [0, 0.1) is 12.9 Å². The van der Waals surface area contributed by atoms with Crippen LogP contribution in [0.2, 0.25) is 0 Å². The summed E-state index contributed by atoms with van der Waals surface area (Å²) in [6.45, 7) is 2.13. The summed E-state index contributed by atoms with van der Waals surface area (Å²) in [5.74, 6) is -0.486. The van der Waals surface area contributed by atoms with Gasteiger partial charge in [0.2, 0.25) is 5.95 Å². The van der Waals surface area contributed by atoms with Crippen molar-refractivity contribution in [1.82, 2.24) is 4.98 Å². The second-order valence-electron chi connectivity index (χ2n) is 2.71. The maximum Gasteiger partial charge on any atom is 0.213 e. The summed E-state index contributed by atoms with van der Waals surface area (Å²) in [7, 11) is 0. The summed E-state index contributed by atoms with van der Waals surface area (Å²) in [6.07, 6.45) is 1.43. The molecule has 0 saturated carbocycles. The predicted molar refractivity (Wildman–Crippen MR) is 44.9 cm³/mol. The molecule has 3 nitrogen and oxygen atoms in total. The Morgan fingerprint density at radius 2 is 2.33 bits per heavy atom. The Kier molecular flexibility index (Phi) is 2.73. The van der Waals surface area contributed by atoms with E-state index < -0.39 is 5.95 Å². The number of hydrogen-bond donors (Lipinski definition) is 2. The molecule has 0 fully saturated rings. The number of rotatable bonds is 2. The molecule has 0 aliphatic rings. The van der Waals surface area contributed by atoms with Crippen LogP contribution in [0.1, 0.15) is 17.2 Å². The van der Waals surface area contributed by atoms with E-state index in [1.165, 1.54) is 12.3 Å². The van der Waals surface area contributed by atoms with E-state index in [-0.39, 0.29) is 6.04 Å². The van der Waals surface area contributed by atoms with Crippen molar-refractivity contribution in [2.75, 3.05) is 6.54 Å². The van der Waals surface area contributed by atoms with Crippen molar-refractivity contribution in [1.29, 1.82) is 0 Å². The van der Waals surface area contributed by atoms with Gasteiger partial charge in [0.05, 0.1) is 0 Å². The lowest BCUT2D eigenvalue weighted by Gasteiger charge is -2.10. The monoisotopic (exact) mass is 169 g/mol. The van der Waals surface area contributed by atoms with E-state index in [0.717, 1.165) is 11.1 Å². The average molecular weight is 169 g/mol. The third kappa shape index (κ3) is 1.78. The Labute approximate surface area is 70.6 Å². The highest BCUT2D eigenvalue weighted by atomic mass is 19.1. The van der Waals surface area contributed by atoms with Gasteiger partial charge in [0, 0.05) is 18.8 Å².